The molecule has 3 nitrogen and oxygen atoms in total. The van der Waals surface area contributed by atoms with E-state index >= 15 is 0 Å². The molecule has 0 fully saturated rings. The van der Waals surface area contributed by atoms with Crippen molar-refractivity contribution in [3.63, 3.8) is 0 Å². The highest BCUT2D eigenvalue weighted by Gasteiger charge is 1.98. The summed E-state index contributed by atoms with van der Waals surface area (Å²) in [5.74, 6) is 3.11. The number of thioether (sulfide) groups is 2. The van der Waals surface area contributed by atoms with Gasteiger partial charge in [0.05, 0.1) is 0 Å². The maximum Gasteiger partial charge on any atom is 0.191 e. The number of halogens is 1. The minimum atomic E-state index is 0.781. The van der Waals surface area contributed by atoms with Gasteiger partial charge in [-0.15, -0.1) is 11.8 Å². The minimum Gasteiger partial charge on any atom is -0.356 e. The average molecular weight is 346 g/mol. The normalized spacial score (nSPS) is 11.5. The Kier molecular flexibility index (Phi) is 10.6. The molecule has 1 aromatic rings. The summed E-state index contributed by atoms with van der Waals surface area (Å²) in [6, 6.07) is 7.94. The molecule has 0 saturated carbocycles. The van der Waals surface area contributed by atoms with Gasteiger partial charge in [0.25, 0.3) is 0 Å². The van der Waals surface area contributed by atoms with Crippen molar-refractivity contribution in [2.45, 2.75) is 17.7 Å². The summed E-state index contributed by atoms with van der Waals surface area (Å²) in [4.78, 5) is 5.46. The van der Waals surface area contributed by atoms with Gasteiger partial charge in [0.1, 0.15) is 0 Å². The quantitative estimate of drug-likeness (QED) is 0.309. The van der Waals surface area contributed by atoms with Crippen LogP contribution in [0, 0.1) is 0 Å². The van der Waals surface area contributed by atoms with E-state index in [4.69, 9.17) is 11.6 Å². The van der Waals surface area contributed by atoms with E-state index in [2.05, 4.69) is 21.9 Å². The van der Waals surface area contributed by atoms with Crippen LogP contribution in [0.15, 0.2) is 34.2 Å². The summed E-state index contributed by atoms with van der Waals surface area (Å²) in [6.45, 7) is 1.86. The molecule has 0 spiro atoms. The van der Waals surface area contributed by atoms with Crippen molar-refractivity contribution in [1.82, 2.24) is 10.6 Å². The lowest BCUT2D eigenvalue weighted by Crippen LogP contribution is -2.38. The number of hydrogen-bond donors (Lipinski definition) is 2. The zero-order valence-electron chi connectivity index (χ0n) is 12.7. The zero-order chi connectivity index (χ0) is 15.3. The van der Waals surface area contributed by atoms with E-state index in [1.54, 1.807) is 0 Å². The number of nitrogens with zero attached hydrogens (tertiary/aromatic N) is 1. The van der Waals surface area contributed by atoms with Crippen molar-refractivity contribution in [3.8, 4) is 0 Å². The number of guanidine groups is 1. The molecule has 2 N–H and O–H groups in total. The Hall–Kier alpha value is -0.520. The van der Waals surface area contributed by atoms with E-state index in [1.165, 1.54) is 23.5 Å². The molecule has 0 aromatic heterocycles. The maximum absolute atomic E-state index is 5.87. The molecule has 0 aliphatic carbocycles. The van der Waals surface area contributed by atoms with Crippen LogP contribution < -0.4 is 10.6 Å². The highest BCUT2D eigenvalue weighted by Crippen LogP contribution is 2.19. The Balaban J connectivity index is 2.10. The highest BCUT2D eigenvalue weighted by molar-refractivity contribution is 7.99. The van der Waals surface area contributed by atoms with Gasteiger partial charge >= 0.3 is 0 Å². The number of benzene rings is 1. The molecule has 1 aromatic carbocycles. The van der Waals surface area contributed by atoms with Crippen LogP contribution in [0.1, 0.15) is 12.8 Å². The Morgan fingerprint density at radius 3 is 2.48 bits per heavy atom. The highest BCUT2D eigenvalue weighted by atomic mass is 35.5. The number of hydrogen-bond acceptors (Lipinski definition) is 3. The first kappa shape index (κ1) is 18.5. The van der Waals surface area contributed by atoms with E-state index < -0.39 is 0 Å². The van der Waals surface area contributed by atoms with Gasteiger partial charge in [-0.2, -0.15) is 11.8 Å². The molecule has 1 rings (SSSR count). The van der Waals surface area contributed by atoms with Crippen LogP contribution in [0.5, 0.6) is 0 Å². The SMILES string of the molecule is CN=C(NCCCCSC)NCCSc1ccc(Cl)cc1. The summed E-state index contributed by atoms with van der Waals surface area (Å²) < 4.78 is 0. The minimum absolute atomic E-state index is 0.781. The third-order valence-electron chi connectivity index (χ3n) is 2.77. The number of rotatable bonds is 9. The van der Waals surface area contributed by atoms with Gasteiger partial charge in [-0.05, 0) is 49.1 Å². The predicted molar refractivity (Wildman–Crippen MR) is 99.2 cm³/mol. The number of unbranched alkanes of at least 4 members (excludes halogenated alkanes) is 1. The topological polar surface area (TPSA) is 36.4 Å². The third-order valence-corrected chi connectivity index (χ3v) is 4.73. The van der Waals surface area contributed by atoms with Gasteiger partial charge in [0.2, 0.25) is 0 Å². The fourth-order valence-corrected chi connectivity index (χ4v) is 3.06. The van der Waals surface area contributed by atoms with Crippen molar-refractivity contribution in [2.75, 3.05) is 37.9 Å². The largest absolute Gasteiger partial charge is 0.356 e. The van der Waals surface area contributed by atoms with Crippen molar-refractivity contribution in [2.24, 2.45) is 4.99 Å². The van der Waals surface area contributed by atoms with Crippen molar-refractivity contribution >= 4 is 41.1 Å². The molecular weight excluding hydrogens is 322 g/mol. The number of aliphatic imine (C=N–C) groups is 1. The van der Waals surface area contributed by atoms with Crippen LogP contribution in [0.3, 0.4) is 0 Å². The molecule has 0 bridgehead atoms. The molecule has 0 heterocycles. The lowest BCUT2D eigenvalue weighted by atomic mass is 10.3. The van der Waals surface area contributed by atoms with Gasteiger partial charge in [0, 0.05) is 35.8 Å². The molecule has 6 heteroatoms. The van der Waals surface area contributed by atoms with Gasteiger partial charge in [-0.1, -0.05) is 11.6 Å². The fraction of sp³-hybridized carbons (Fsp3) is 0.533. The Morgan fingerprint density at radius 2 is 1.81 bits per heavy atom. The summed E-state index contributed by atoms with van der Waals surface area (Å²) >= 11 is 9.57. The molecular formula is C15H24ClN3S2. The first-order chi connectivity index (χ1) is 10.3. The predicted octanol–water partition coefficient (Wildman–Crippen LogP) is 3.74. The summed E-state index contributed by atoms with van der Waals surface area (Å²) in [5, 5.41) is 7.45. The summed E-state index contributed by atoms with van der Waals surface area (Å²) in [5.41, 5.74) is 0. The van der Waals surface area contributed by atoms with Gasteiger partial charge in [0.15, 0.2) is 5.96 Å². The van der Waals surface area contributed by atoms with Gasteiger partial charge in [-0.3, -0.25) is 4.99 Å². The monoisotopic (exact) mass is 345 g/mol. The maximum atomic E-state index is 5.87. The average Bonchev–Trinajstić information content (AvgIpc) is 2.51. The second kappa shape index (κ2) is 12.1. The first-order valence-corrected chi connectivity index (χ1v) is 9.84. The molecule has 0 aliphatic heterocycles. The van der Waals surface area contributed by atoms with Crippen LogP contribution in [-0.2, 0) is 0 Å². The number of nitrogens with one attached hydrogen (secondary N) is 2. The van der Waals surface area contributed by atoms with Crippen molar-refractivity contribution in [3.05, 3.63) is 29.3 Å². The van der Waals surface area contributed by atoms with Crippen LogP contribution >= 0.6 is 35.1 Å². The van der Waals surface area contributed by atoms with E-state index in [0.29, 0.717) is 0 Å². The van der Waals surface area contributed by atoms with Crippen molar-refractivity contribution < 1.29 is 0 Å². The molecule has 118 valence electrons. The third kappa shape index (κ3) is 9.17. The lowest BCUT2D eigenvalue weighted by molar-refractivity contribution is 0.739. The summed E-state index contributed by atoms with van der Waals surface area (Å²) in [6.07, 6.45) is 4.57. The Labute approximate surface area is 141 Å². The summed E-state index contributed by atoms with van der Waals surface area (Å²) in [7, 11) is 1.81. The van der Waals surface area contributed by atoms with E-state index in [9.17, 15) is 0 Å². The van der Waals surface area contributed by atoms with E-state index in [0.717, 1.165) is 29.8 Å². The van der Waals surface area contributed by atoms with E-state index in [-0.39, 0.29) is 0 Å². The molecule has 0 radical (unpaired) electrons. The standard InChI is InChI=1S/C15H24ClN3S2/c1-17-15(18-9-3-4-11-20-2)19-10-12-21-14-7-5-13(16)6-8-14/h5-8H,3-4,9-12H2,1-2H3,(H2,17,18,19). The first-order valence-electron chi connectivity index (χ1n) is 7.08. The van der Waals surface area contributed by atoms with E-state index in [1.807, 2.05) is 54.8 Å². The molecule has 0 aliphatic rings. The molecule has 0 unspecified atom stereocenters. The molecule has 0 amide bonds. The molecule has 0 atom stereocenters. The smallest absolute Gasteiger partial charge is 0.191 e. The Bertz CT molecular complexity index is 410. The van der Waals surface area contributed by atoms with Gasteiger partial charge in [-0.25, -0.2) is 0 Å². The van der Waals surface area contributed by atoms with Crippen molar-refractivity contribution in [1.29, 1.82) is 0 Å². The second-order valence-electron chi connectivity index (χ2n) is 4.43. The van der Waals surface area contributed by atoms with Gasteiger partial charge < -0.3 is 10.6 Å². The lowest BCUT2D eigenvalue weighted by Gasteiger charge is -2.11. The fourth-order valence-electron chi connectivity index (χ4n) is 1.67. The zero-order valence-corrected chi connectivity index (χ0v) is 15.1. The molecule has 21 heavy (non-hydrogen) atoms. The molecule has 0 saturated heterocycles. The van der Waals surface area contributed by atoms with Crippen LogP contribution in [0.25, 0.3) is 0 Å². The van der Waals surface area contributed by atoms with Crippen LogP contribution in [0.2, 0.25) is 5.02 Å². The van der Waals surface area contributed by atoms with Crippen LogP contribution in [0.4, 0.5) is 0 Å². The second-order valence-corrected chi connectivity index (χ2v) is 7.02. The van der Waals surface area contributed by atoms with Crippen LogP contribution in [-0.4, -0.2) is 43.9 Å². The Morgan fingerprint density at radius 1 is 1.10 bits per heavy atom.